The number of hydrogen-bond donors (Lipinski definition) is 1. The van der Waals surface area contributed by atoms with E-state index < -0.39 is 0 Å². The molecule has 150 valence electrons. The van der Waals surface area contributed by atoms with E-state index >= 15 is 0 Å². The lowest BCUT2D eigenvalue weighted by Crippen LogP contribution is -2.14. The number of aryl methyl sites for hydroxylation is 2. The van der Waals surface area contributed by atoms with E-state index in [-0.39, 0.29) is 5.91 Å². The summed E-state index contributed by atoms with van der Waals surface area (Å²) in [4.78, 5) is 25.0. The summed E-state index contributed by atoms with van der Waals surface area (Å²) in [5, 5.41) is 2.91. The van der Waals surface area contributed by atoms with Gasteiger partial charge in [-0.1, -0.05) is 29.8 Å². The number of hydrogen-bond acceptors (Lipinski definition) is 5. The van der Waals surface area contributed by atoms with E-state index in [4.69, 9.17) is 4.74 Å². The van der Waals surface area contributed by atoms with Crippen molar-refractivity contribution in [1.29, 1.82) is 0 Å². The normalized spacial score (nSPS) is 10.6. The lowest BCUT2D eigenvalue weighted by atomic mass is 10.1. The molecule has 0 atom stereocenters. The van der Waals surface area contributed by atoms with Gasteiger partial charge in [0.15, 0.2) is 0 Å². The lowest BCUT2D eigenvalue weighted by molar-refractivity contribution is -0.115. The molecule has 1 amide bonds. The van der Waals surface area contributed by atoms with Crippen molar-refractivity contribution < 1.29 is 9.53 Å². The Balaban J connectivity index is 1.41. The van der Waals surface area contributed by atoms with E-state index in [9.17, 15) is 4.79 Å². The van der Waals surface area contributed by atoms with Crippen LogP contribution in [0.25, 0.3) is 5.82 Å². The van der Waals surface area contributed by atoms with Crippen molar-refractivity contribution in [3.63, 3.8) is 0 Å². The Morgan fingerprint density at radius 1 is 1.07 bits per heavy atom. The summed E-state index contributed by atoms with van der Waals surface area (Å²) in [5.74, 6) is 2.25. The van der Waals surface area contributed by atoms with Gasteiger partial charge in [-0.05, 0) is 43.7 Å². The summed E-state index contributed by atoms with van der Waals surface area (Å²) in [7, 11) is 0. The zero-order valence-corrected chi connectivity index (χ0v) is 16.7. The van der Waals surface area contributed by atoms with Gasteiger partial charge in [-0.3, -0.25) is 9.36 Å². The zero-order valence-electron chi connectivity index (χ0n) is 16.7. The van der Waals surface area contributed by atoms with Gasteiger partial charge in [0.25, 0.3) is 0 Å². The predicted molar refractivity (Wildman–Crippen MR) is 114 cm³/mol. The number of carbonyl (C=O) groups is 1. The van der Waals surface area contributed by atoms with Crippen LogP contribution in [-0.2, 0) is 11.2 Å². The SMILES string of the molecule is Cc1cccc(CC(=O)Nc2ccc(Oc3cc(-n4ccnc4)nc(C)n3)cc2)c1. The summed E-state index contributed by atoms with van der Waals surface area (Å²) in [6.07, 6.45) is 5.49. The van der Waals surface area contributed by atoms with E-state index in [1.807, 2.05) is 31.2 Å². The Kier molecular flexibility index (Phi) is 5.52. The van der Waals surface area contributed by atoms with Crippen molar-refractivity contribution in [1.82, 2.24) is 19.5 Å². The Morgan fingerprint density at radius 3 is 2.63 bits per heavy atom. The van der Waals surface area contributed by atoms with Crippen LogP contribution in [0, 0.1) is 13.8 Å². The number of amides is 1. The second-order valence-electron chi connectivity index (χ2n) is 6.92. The van der Waals surface area contributed by atoms with Crippen LogP contribution in [0.2, 0.25) is 0 Å². The number of rotatable bonds is 6. The zero-order chi connectivity index (χ0) is 20.9. The molecule has 30 heavy (non-hydrogen) atoms. The van der Waals surface area contributed by atoms with E-state index in [1.165, 1.54) is 0 Å². The third kappa shape index (κ3) is 4.88. The van der Waals surface area contributed by atoms with Gasteiger partial charge in [-0.15, -0.1) is 0 Å². The number of aromatic nitrogens is 4. The van der Waals surface area contributed by atoms with E-state index in [0.717, 1.165) is 11.1 Å². The fourth-order valence-electron chi connectivity index (χ4n) is 3.04. The molecule has 4 aromatic rings. The van der Waals surface area contributed by atoms with Crippen molar-refractivity contribution in [2.45, 2.75) is 20.3 Å². The fraction of sp³-hybridized carbons (Fsp3) is 0.130. The number of benzene rings is 2. The molecular formula is C23H21N5O2. The molecule has 0 unspecified atom stereocenters. The molecule has 0 aliphatic heterocycles. The molecule has 2 aromatic carbocycles. The highest BCUT2D eigenvalue weighted by molar-refractivity contribution is 5.92. The summed E-state index contributed by atoms with van der Waals surface area (Å²) in [6.45, 7) is 3.82. The summed E-state index contributed by atoms with van der Waals surface area (Å²) in [5.41, 5.74) is 2.83. The van der Waals surface area contributed by atoms with Gasteiger partial charge in [-0.2, -0.15) is 4.98 Å². The van der Waals surface area contributed by atoms with Crippen LogP contribution in [0.15, 0.2) is 73.3 Å². The van der Waals surface area contributed by atoms with Crippen LogP contribution in [0.1, 0.15) is 17.0 Å². The lowest BCUT2D eigenvalue weighted by Gasteiger charge is -2.10. The van der Waals surface area contributed by atoms with Crippen molar-refractivity contribution >= 4 is 11.6 Å². The third-order valence-electron chi connectivity index (χ3n) is 4.38. The topological polar surface area (TPSA) is 81.9 Å². The van der Waals surface area contributed by atoms with Crippen LogP contribution in [0.3, 0.4) is 0 Å². The van der Waals surface area contributed by atoms with Crippen LogP contribution >= 0.6 is 0 Å². The highest BCUT2D eigenvalue weighted by Gasteiger charge is 2.08. The first-order chi connectivity index (χ1) is 14.5. The molecule has 0 spiro atoms. The van der Waals surface area contributed by atoms with Crippen LogP contribution in [-0.4, -0.2) is 25.4 Å². The number of imidazole rings is 1. The highest BCUT2D eigenvalue weighted by Crippen LogP contribution is 2.23. The second kappa shape index (κ2) is 8.57. The third-order valence-corrected chi connectivity index (χ3v) is 4.38. The summed E-state index contributed by atoms with van der Waals surface area (Å²) >= 11 is 0. The number of nitrogens with zero attached hydrogens (tertiary/aromatic N) is 4. The van der Waals surface area contributed by atoms with Crippen molar-refractivity contribution in [2.75, 3.05) is 5.32 Å². The fourth-order valence-corrected chi connectivity index (χ4v) is 3.04. The number of carbonyl (C=O) groups excluding carboxylic acids is 1. The molecule has 0 aliphatic carbocycles. The highest BCUT2D eigenvalue weighted by atomic mass is 16.5. The minimum atomic E-state index is -0.0642. The second-order valence-corrected chi connectivity index (χ2v) is 6.92. The van der Waals surface area contributed by atoms with E-state index in [0.29, 0.717) is 35.4 Å². The van der Waals surface area contributed by atoms with Gasteiger partial charge >= 0.3 is 0 Å². The molecule has 0 saturated carbocycles. The predicted octanol–water partition coefficient (Wildman–Crippen LogP) is 4.25. The van der Waals surface area contributed by atoms with E-state index in [1.54, 1.807) is 60.5 Å². The van der Waals surface area contributed by atoms with Crippen molar-refractivity contribution in [2.24, 2.45) is 0 Å². The van der Waals surface area contributed by atoms with E-state index in [2.05, 4.69) is 20.3 Å². The smallest absolute Gasteiger partial charge is 0.228 e. The standard InChI is InChI=1S/C23H21N5O2/c1-16-4-3-5-18(12-16)13-22(29)27-19-6-8-20(9-7-19)30-23-14-21(25-17(2)26-23)28-11-10-24-15-28/h3-12,14-15H,13H2,1-2H3,(H,27,29). The molecule has 0 bridgehead atoms. The van der Waals surface area contributed by atoms with Gasteiger partial charge in [-0.25, -0.2) is 9.97 Å². The molecule has 0 aliphatic rings. The first kappa shape index (κ1) is 19.3. The molecular weight excluding hydrogens is 378 g/mol. The minimum Gasteiger partial charge on any atom is -0.439 e. The van der Waals surface area contributed by atoms with Gasteiger partial charge < -0.3 is 10.1 Å². The first-order valence-electron chi connectivity index (χ1n) is 9.52. The maximum absolute atomic E-state index is 12.3. The molecule has 2 heterocycles. The maximum atomic E-state index is 12.3. The Hall–Kier alpha value is -4.00. The molecule has 1 N–H and O–H groups in total. The molecule has 2 aromatic heterocycles. The minimum absolute atomic E-state index is 0.0642. The van der Waals surface area contributed by atoms with Gasteiger partial charge in [0, 0.05) is 24.1 Å². The monoisotopic (exact) mass is 399 g/mol. The van der Waals surface area contributed by atoms with Crippen LogP contribution < -0.4 is 10.1 Å². The Bertz CT molecular complexity index is 1150. The van der Waals surface area contributed by atoms with Crippen LogP contribution in [0.5, 0.6) is 11.6 Å². The number of anilines is 1. The van der Waals surface area contributed by atoms with Gasteiger partial charge in [0.1, 0.15) is 23.7 Å². The molecule has 0 saturated heterocycles. The number of nitrogens with one attached hydrogen (secondary N) is 1. The van der Waals surface area contributed by atoms with Gasteiger partial charge in [0.2, 0.25) is 11.8 Å². The molecule has 7 heteroatoms. The summed E-state index contributed by atoms with van der Waals surface area (Å²) in [6, 6.07) is 16.8. The molecule has 0 fully saturated rings. The molecule has 7 nitrogen and oxygen atoms in total. The molecule has 0 radical (unpaired) electrons. The average molecular weight is 399 g/mol. The number of ether oxygens (including phenoxy) is 1. The quantitative estimate of drug-likeness (QED) is 0.524. The van der Waals surface area contributed by atoms with Crippen LogP contribution in [0.4, 0.5) is 5.69 Å². The Labute approximate surface area is 174 Å². The largest absolute Gasteiger partial charge is 0.439 e. The van der Waals surface area contributed by atoms with Gasteiger partial charge in [0.05, 0.1) is 6.42 Å². The van der Waals surface area contributed by atoms with Crippen molar-refractivity contribution in [3.8, 4) is 17.4 Å². The maximum Gasteiger partial charge on any atom is 0.228 e. The molecule has 4 rings (SSSR count). The first-order valence-corrected chi connectivity index (χ1v) is 9.52. The Morgan fingerprint density at radius 2 is 1.90 bits per heavy atom. The van der Waals surface area contributed by atoms with Crippen molar-refractivity contribution in [3.05, 3.63) is 90.3 Å². The summed E-state index contributed by atoms with van der Waals surface area (Å²) < 4.78 is 7.66. The average Bonchev–Trinajstić information content (AvgIpc) is 3.24.